The zero-order valence-corrected chi connectivity index (χ0v) is 24.5. The van der Waals surface area contributed by atoms with Gasteiger partial charge in [0.25, 0.3) is 0 Å². The van der Waals surface area contributed by atoms with Gasteiger partial charge < -0.3 is 14.2 Å². The fraction of sp³-hybridized carbons (Fsp3) is 0.414. The van der Waals surface area contributed by atoms with Gasteiger partial charge in [0.1, 0.15) is 12.2 Å². The molecule has 0 bridgehead atoms. The molecule has 2 aliphatic rings. The number of halogens is 1. The van der Waals surface area contributed by atoms with Crippen LogP contribution < -0.4 is 10.1 Å². The van der Waals surface area contributed by atoms with E-state index < -0.39 is 27.1 Å². The summed E-state index contributed by atoms with van der Waals surface area (Å²) in [5.41, 5.74) is 2.89. The zero-order valence-electron chi connectivity index (χ0n) is 22.9. The van der Waals surface area contributed by atoms with Crippen LogP contribution in [0.15, 0.2) is 47.6 Å². The normalized spacial score (nSPS) is 18.5. The van der Waals surface area contributed by atoms with Crippen molar-refractivity contribution in [3.8, 4) is 5.88 Å². The Morgan fingerprint density at radius 2 is 1.90 bits per heavy atom. The maximum Gasteiger partial charge on any atom is 0.412 e. The molecule has 5 rings (SSSR count). The molecule has 1 spiro atoms. The van der Waals surface area contributed by atoms with Crippen molar-refractivity contribution in [1.29, 1.82) is 0 Å². The highest BCUT2D eigenvalue weighted by Crippen LogP contribution is 2.48. The van der Waals surface area contributed by atoms with Crippen LogP contribution in [0.1, 0.15) is 61.6 Å². The molecule has 40 heavy (non-hydrogen) atoms. The highest BCUT2D eigenvalue weighted by Gasteiger charge is 2.44. The number of nitrogens with one attached hydrogen (secondary N) is 1. The van der Waals surface area contributed by atoms with Gasteiger partial charge in [0.2, 0.25) is 20.9 Å². The number of benzene rings is 2. The van der Waals surface area contributed by atoms with Gasteiger partial charge in [-0.3, -0.25) is 5.32 Å². The third-order valence-corrected chi connectivity index (χ3v) is 8.05. The van der Waals surface area contributed by atoms with E-state index in [9.17, 15) is 13.2 Å². The van der Waals surface area contributed by atoms with Crippen LogP contribution in [-0.4, -0.2) is 36.3 Å². The number of hydrogen-bond acceptors (Lipinski definition) is 8. The summed E-state index contributed by atoms with van der Waals surface area (Å²) >= 11 is 6.70. The summed E-state index contributed by atoms with van der Waals surface area (Å²) < 4.78 is 43.0. The van der Waals surface area contributed by atoms with Crippen LogP contribution in [0.4, 0.5) is 10.5 Å². The van der Waals surface area contributed by atoms with E-state index >= 15 is 0 Å². The van der Waals surface area contributed by atoms with Gasteiger partial charge in [0.05, 0.1) is 23.5 Å². The second kappa shape index (κ2) is 10.6. The molecule has 2 heterocycles. The molecule has 9 nitrogen and oxygen atoms in total. The number of nitrogens with zero attached hydrogens (tertiary/aromatic N) is 2. The molecule has 1 aromatic heterocycles. The van der Waals surface area contributed by atoms with Crippen molar-refractivity contribution in [2.75, 3.05) is 11.6 Å². The lowest BCUT2D eigenvalue weighted by atomic mass is 9.74. The molecule has 1 atom stereocenters. The van der Waals surface area contributed by atoms with Crippen LogP contribution >= 0.6 is 11.6 Å². The summed E-state index contributed by atoms with van der Waals surface area (Å²) in [5.74, 6) is 0.193. The standard InChI is InChI=1S/C29H32ClN3O6S/c1-28(2,3)39-27(34)31-19-13-22-20(23(30)14-19)11-8-12-29(22)15-24-21(17-38-29)25(33-26(32-24)40(4,35)36)37-16-18-9-6-5-7-10-18/h5-7,9-10,13-14H,8,11-12,15-17H2,1-4H3,(H,31,34). The number of carbonyl (C=O) groups excluding carboxylic acids is 1. The minimum atomic E-state index is -3.71. The molecular weight excluding hydrogens is 554 g/mol. The molecule has 0 saturated carbocycles. The van der Waals surface area contributed by atoms with Crippen molar-refractivity contribution in [3.63, 3.8) is 0 Å². The Balaban J connectivity index is 1.51. The van der Waals surface area contributed by atoms with Crippen LogP contribution in [0, 0.1) is 0 Å². The molecule has 1 unspecified atom stereocenters. The summed E-state index contributed by atoms with van der Waals surface area (Å²) in [7, 11) is -3.71. The Morgan fingerprint density at radius 3 is 2.60 bits per heavy atom. The van der Waals surface area contributed by atoms with Gasteiger partial charge in [-0.25, -0.2) is 18.2 Å². The van der Waals surface area contributed by atoms with E-state index in [0.29, 0.717) is 34.8 Å². The van der Waals surface area contributed by atoms with Crippen LogP contribution in [0.3, 0.4) is 0 Å². The molecule has 1 amide bonds. The highest BCUT2D eigenvalue weighted by molar-refractivity contribution is 7.90. The van der Waals surface area contributed by atoms with E-state index in [1.54, 1.807) is 26.8 Å². The van der Waals surface area contributed by atoms with E-state index in [0.717, 1.165) is 35.8 Å². The quantitative estimate of drug-likeness (QED) is 0.375. The van der Waals surface area contributed by atoms with Gasteiger partial charge >= 0.3 is 6.09 Å². The van der Waals surface area contributed by atoms with E-state index in [1.807, 2.05) is 36.4 Å². The number of ether oxygens (including phenoxy) is 3. The molecule has 0 saturated heterocycles. The molecular formula is C29H32ClN3O6S. The molecule has 1 aliphatic carbocycles. The first-order chi connectivity index (χ1) is 18.8. The number of rotatable bonds is 5. The maximum atomic E-state index is 12.5. The fourth-order valence-electron chi connectivity index (χ4n) is 5.13. The van der Waals surface area contributed by atoms with Gasteiger partial charge in [-0.1, -0.05) is 41.9 Å². The Labute approximate surface area is 239 Å². The lowest BCUT2D eigenvalue weighted by Gasteiger charge is -2.42. The topological polar surface area (TPSA) is 117 Å². The second-order valence-corrected chi connectivity index (χ2v) is 13.5. The first-order valence-corrected chi connectivity index (χ1v) is 15.3. The SMILES string of the molecule is CC(C)(C)OC(=O)Nc1cc(Cl)c2c(c1)C1(CCC2)Cc2nc(S(C)(=O)=O)nc(OCc3ccccc3)c2CO1. The van der Waals surface area contributed by atoms with Crippen molar-refractivity contribution in [2.45, 2.75) is 76.0 Å². The lowest BCUT2D eigenvalue weighted by Crippen LogP contribution is -2.40. The van der Waals surface area contributed by atoms with Gasteiger partial charge in [-0.2, -0.15) is 4.98 Å². The third kappa shape index (κ3) is 6.09. The summed E-state index contributed by atoms with van der Waals surface area (Å²) in [6.45, 7) is 5.72. The largest absolute Gasteiger partial charge is 0.472 e. The third-order valence-electron chi connectivity index (χ3n) is 6.87. The Bertz CT molecular complexity index is 1560. The first-order valence-electron chi connectivity index (χ1n) is 13.1. The number of sulfone groups is 1. The summed E-state index contributed by atoms with van der Waals surface area (Å²) in [6, 6.07) is 13.1. The van der Waals surface area contributed by atoms with E-state index in [-0.39, 0.29) is 24.3 Å². The summed E-state index contributed by atoms with van der Waals surface area (Å²) in [4.78, 5) is 21.2. The summed E-state index contributed by atoms with van der Waals surface area (Å²) in [5, 5.41) is 3.00. The number of amides is 1. The maximum absolute atomic E-state index is 12.5. The first kappa shape index (κ1) is 28.3. The molecule has 0 radical (unpaired) electrons. The highest BCUT2D eigenvalue weighted by atomic mass is 35.5. The molecule has 3 aromatic rings. The van der Waals surface area contributed by atoms with Crippen LogP contribution in [0.2, 0.25) is 5.02 Å². The minimum absolute atomic E-state index is 0.129. The average molecular weight is 586 g/mol. The Hall–Kier alpha value is -3.21. The van der Waals surface area contributed by atoms with Crippen molar-refractivity contribution in [2.24, 2.45) is 0 Å². The lowest BCUT2D eigenvalue weighted by molar-refractivity contribution is -0.0867. The van der Waals surface area contributed by atoms with Gasteiger partial charge in [-0.15, -0.1) is 0 Å². The van der Waals surface area contributed by atoms with Crippen molar-refractivity contribution in [3.05, 3.63) is 75.4 Å². The van der Waals surface area contributed by atoms with Crippen molar-refractivity contribution >= 4 is 33.2 Å². The Morgan fingerprint density at radius 1 is 1.15 bits per heavy atom. The predicted octanol–water partition coefficient (Wildman–Crippen LogP) is 5.76. The van der Waals surface area contributed by atoms with E-state index in [4.69, 9.17) is 25.8 Å². The number of carbonyl (C=O) groups is 1. The van der Waals surface area contributed by atoms with Crippen LogP contribution in [-0.2, 0) is 51.0 Å². The van der Waals surface area contributed by atoms with Crippen molar-refractivity contribution < 1.29 is 27.4 Å². The van der Waals surface area contributed by atoms with Crippen LogP contribution in [0.5, 0.6) is 5.88 Å². The monoisotopic (exact) mass is 585 g/mol. The van der Waals surface area contributed by atoms with Crippen LogP contribution in [0.25, 0.3) is 0 Å². The summed E-state index contributed by atoms with van der Waals surface area (Å²) in [6.07, 6.45) is 3.03. The van der Waals surface area contributed by atoms with E-state index in [1.165, 1.54) is 0 Å². The molecule has 2 aromatic carbocycles. The zero-order chi connectivity index (χ0) is 28.7. The molecule has 1 N–H and O–H groups in total. The number of anilines is 1. The Kier molecular flexibility index (Phi) is 7.54. The van der Waals surface area contributed by atoms with Crippen molar-refractivity contribution in [1.82, 2.24) is 9.97 Å². The average Bonchev–Trinajstić information content (AvgIpc) is 2.86. The fourth-order valence-corrected chi connectivity index (χ4v) is 5.97. The minimum Gasteiger partial charge on any atom is -0.472 e. The van der Waals surface area contributed by atoms with Gasteiger partial charge in [0, 0.05) is 23.4 Å². The molecule has 11 heteroatoms. The second-order valence-electron chi connectivity index (χ2n) is 11.2. The number of hydrogen-bond donors (Lipinski definition) is 1. The van der Waals surface area contributed by atoms with Gasteiger partial charge in [0.15, 0.2) is 0 Å². The van der Waals surface area contributed by atoms with Gasteiger partial charge in [-0.05, 0) is 68.9 Å². The smallest absolute Gasteiger partial charge is 0.412 e. The molecule has 0 fully saturated rings. The number of aromatic nitrogens is 2. The van der Waals surface area contributed by atoms with E-state index in [2.05, 4.69) is 15.3 Å². The molecule has 1 aliphatic heterocycles. The predicted molar refractivity (Wildman–Crippen MR) is 150 cm³/mol. The number of fused-ring (bicyclic) bond motifs is 3. The molecule has 212 valence electrons.